The summed E-state index contributed by atoms with van der Waals surface area (Å²) >= 11 is 0. The summed E-state index contributed by atoms with van der Waals surface area (Å²) < 4.78 is 2.26. The van der Waals surface area contributed by atoms with E-state index < -0.39 is 0 Å². The van der Waals surface area contributed by atoms with Crippen molar-refractivity contribution < 1.29 is 14.5 Å². The molecular weight excluding hydrogens is 250 g/mol. The van der Waals surface area contributed by atoms with Crippen LogP contribution >= 0.6 is 0 Å². The minimum absolute atomic E-state index is 0.0163. The van der Waals surface area contributed by atoms with Gasteiger partial charge in [-0.3, -0.25) is 4.79 Å². The molecule has 0 radical (unpaired) electrons. The first-order valence-corrected chi connectivity index (χ1v) is 7.23. The summed E-state index contributed by atoms with van der Waals surface area (Å²) in [5.41, 5.74) is 4.94. The Morgan fingerprint density at radius 2 is 2.05 bits per heavy atom. The van der Waals surface area contributed by atoms with Crippen molar-refractivity contribution in [3.05, 3.63) is 29.3 Å². The fourth-order valence-electron chi connectivity index (χ4n) is 2.87. The van der Waals surface area contributed by atoms with Gasteiger partial charge in [0, 0.05) is 25.2 Å². The molecule has 0 saturated carbocycles. The van der Waals surface area contributed by atoms with Crippen molar-refractivity contribution in [3.63, 3.8) is 0 Å². The zero-order chi connectivity index (χ0) is 14.9. The van der Waals surface area contributed by atoms with Crippen LogP contribution < -0.4 is 0 Å². The quantitative estimate of drug-likeness (QED) is 0.838. The van der Waals surface area contributed by atoms with E-state index >= 15 is 0 Å². The number of nitrogens with zero attached hydrogens (tertiary/aromatic N) is 1. The number of fused-ring (bicyclic) bond motifs is 1. The summed E-state index contributed by atoms with van der Waals surface area (Å²) in [6.07, 6.45) is 1.26. The number of Topliss-reactive ketones (excluding diaryl/α,β-unsaturated/α-hetero) is 1. The Labute approximate surface area is 121 Å². The first kappa shape index (κ1) is 14.9. The molecular formula is C17H24NO2+. The van der Waals surface area contributed by atoms with E-state index in [0.29, 0.717) is 12.8 Å². The molecule has 20 heavy (non-hydrogen) atoms. The molecule has 0 fully saturated rings. The zero-order valence-corrected chi connectivity index (χ0v) is 12.9. The monoisotopic (exact) mass is 274 g/mol. The Kier molecular flexibility index (Phi) is 4.09. The Balaban J connectivity index is 2.42. The first-order chi connectivity index (χ1) is 9.37. The highest BCUT2D eigenvalue weighted by molar-refractivity contribution is 5.93. The topological polar surface area (TPSA) is 40.3 Å². The number of hydrogen-bond acceptors (Lipinski definition) is 2. The SMILES string of the molecule is CC(=O)CC[N+]1=C(C)C(C)(C)c2cc(CCO)ccc21. The molecule has 108 valence electrons. The lowest BCUT2D eigenvalue weighted by Gasteiger charge is -2.15. The molecule has 1 heterocycles. The second kappa shape index (κ2) is 5.49. The third kappa shape index (κ3) is 2.55. The minimum atomic E-state index is -0.0163. The first-order valence-electron chi connectivity index (χ1n) is 7.23. The van der Waals surface area contributed by atoms with Crippen LogP contribution in [0.3, 0.4) is 0 Å². The van der Waals surface area contributed by atoms with Crippen LogP contribution in [0.5, 0.6) is 0 Å². The molecule has 3 nitrogen and oxygen atoms in total. The van der Waals surface area contributed by atoms with Crippen LogP contribution in [-0.4, -0.2) is 34.3 Å². The standard InChI is InChI=1S/C17H24NO2/c1-12(20)7-9-18-13(2)17(3,4)15-11-14(8-10-19)5-6-16(15)18/h5-6,11,19H,7-10H2,1-4H3/q+1. The van der Waals surface area contributed by atoms with Gasteiger partial charge in [0.15, 0.2) is 12.3 Å². The molecule has 1 aromatic carbocycles. The third-order valence-corrected chi connectivity index (χ3v) is 4.42. The highest BCUT2D eigenvalue weighted by Crippen LogP contribution is 2.40. The Bertz CT molecular complexity index is 570. The van der Waals surface area contributed by atoms with Crippen molar-refractivity contribution in [3.8, 4) is 0 Å². The number of hydrogen-bond donors (Lipinski definition) is 1. The number of ketones is 1. The molecule has 1 aromatic rings. The summed E-state index contributed by atoms with van der Waals surface area (Å²) in [4.78, 5) is 11.3. The molecule has 2 rings (SSSR count). The van der Waals surface area contributed by atoms with E-state index in [2.05, 4.69) is 43.5 Å². The van der Waals surface area contributed by atoms with Crippen LogP contribution in [0.15, 0.2) is 18.2 Å². The normalized spacial score (nSPS) is 16.4. The molecule has 1 aliphatic heterocycles. The van der Waals surface area contributed by atoms with Gasteiger partial charge in [-0.05, 0) is 38.8 Å². The number of carbonyl (C=O) groups is 1. The number of carbonyl (C=O) groups excluding carboxylic acids is 1. The second-order valence-electron chi connectivity index (χ2n) is 6.14. The van der Waals surface area contributed by atoms with E-state index in [1.54, 1.807) is 6.92 Å². The Hall–Kier alpha value is -1.48. The summed E-state index contributed by atoms with van der Waals surface area (Å²) in [7, 11) is 0. The maximum atomic E-state index is 11.3. The maximum Gasteiger partial charge on any atom is 0.209 e. The Morgan fingerprint density at radius 1 is 1.35 bits per heavy atom. The second-order valence-corrected chi connectivity index (χ2v) is 6.14. The molecule has 1 N–H and O–H groups in total. The number of rotatable bonds is 5. The average Bonchev–Trinajstić information content (AvgIpc) is 2.57. The van der Waals surface area contributed by atoms with Gasteiger partial charge in [0.05, 0.1) is 11.8 Å². The van der Waals surface area contributed by atoms with Crippen molar-refractivity contribution in [2.45, 2.75) is 46.0 Å². The molecule has 0 atom stereocenters. The number of benzene rings is 1. The van der Waals surface area contributed by atoms with E-state index in [4.69, 9.17) is 5.11 Å². The van der Waals surface area contributed by atoms with Gasteiger partial charge in [0.25, 0.3) is 0 Å². The van der Waals surface area contributed by atoms with Crippen molar-refractivity contribution >= 4 is 17.2 Å². The average molecular weight is 274 g/mol. The van der Waals surface area contributed by atoms with Crippen molar-refractivity contribution in [2.75, 3.05) is 13.2 Å². The zero-order valence-electron chi connectivity index (χ0n) is 12.9. The van der Waals surface area contributed by atoms with Gasteiger partial charge in [-0.25, -0.2) is 0 Å². The fraction of sp³-hybridized carbons (Fsp3) is 0.529. The van der Waals surface area contributed by atoms with Crippen molar-refractivity contribution in [1.29, 1.82) is 0 Å². The predicted molar refractivity (Wildman–Crippen MR) is 81.0 cm³/mol. The van der Waals surface area contributed by atoms with Crippen molar-refractivity contribution in [1.82, 2.24) is 0 Å². The van der Waals surface area contributed by atoms with Crippen LogP contribution in [-0.2, 0) is 16.6 Å². The van der Waals surface area contributed by atoms with Gasteiger partial charge in [0.2, 0.25) is 5.69 Å². The number of aliphatic hydroxyl groups excluding tert-OH is 1. The summed E-state index contributed by atoms with van der Waals surface area (Å²) in [6, 6.07) is 6.39. The fourth-order valence-corrected chi connectivity index (χ4v) is 2.87. The molecule has 0 aromatic heterocycles. The van der Waals surface area contributed by atoms with E-state index in [0.717, 1.165) is 6.54 Å². The smallest absolute Gasteiger partial charge is 0.209 e. The summed E-state index contributed by atoms with van der Waals surface area (Å²) in [5.74, 6) is 0.223. The Morgan fingerprint density at radius 3 is 2.65 bits per heavy atom. The van der Waals surface area contributed by atoms with Gasteiger partial charge in [0.1, 0.15) is 5.78 Å². The lowest BCUT2D eigenvalue weighted by Crippen LogP contribution is -2.27. The minimum Gasteiger partial charge on any atom is -0.396 e. The van der Waals surface area contributed by atoms with Crippen LogP contribution in [0.2, 0.25) is 0 Å². The number of aliphatic hydroxyl groups is 1. The van der Waals surface area contributed by atoms with Crippen molar-refractivity contribution in [2.24, 2.45) is 0 Å². The lowest BCUT2D eigenvalue weighted by atomic mass is 9.81. The van der Waals surface area contributed by atoms with E-state index in [9.17, 15) is 4.79 Å². The van der Waals surface area contributed by atoms with Crippen LogP contribution in [0.4, 0.5) is 5.69 Å². The third-order valence-electron chi connectivity index (χ3n) is 4.42. The summed E-state index contributed by atoms with van der Waals surface area (Å²) in [5, 5.41) is 9.09. The highest BCUT2D eigenvalue weighted by atomic mass is 16.2. The van der Waals surface area contributed by atoms with Crippen LogP contribution in [0.25, 0.3) is 0 Å². The molecule has 0 amide bonds. The van der Waals surface area contributed by atoms with Gasteiger partial charge in [-0.1, -0.05) is 6.07 Å². The molecule has 0 bridgehead atoms. The summed E-state index contributed by atoms with van der Waals surface area (Å²) in [6.45, 7) is 9.15. The van der Waals surface area contributed by atoms with E-state index in [1.165, 1.54) is 22.5 Å². The molecule has 1 aliphatic rings. The molecule has 0 saturated heterocycles. The van der Waals surface area contributed by atoms with Gasteiger partial charge in [-0.15, -0.1) is 0 Å². The maximum absolute atomic E-state index is 11.3. The lowest BCUT2D eigenvalue weighted by molar-refractivity contribution is -0.437. The van der Waals surface area contributed by atoms with Gasteiger partial charge in [-0.2, -0.15) is 4.58 Å². The van der Waals surface area contributed by atoms with Crippen LogP contribution in [0.1, 0.15) is 45.2 Å². The highest BCUT2D eigenvalue weighted by Gasteiger charge is 2.42. The molecule has 0 aliphatic carbocycles. The molecule has 3 heteroatoms. The predicted octanol–water partition coefficient (Wildman–Crippen LogP) is 2.60. The van der Waals surface area contributed by atoms with E-state index in [-0.39, 0.29) is 17.8 Å². The molecule has 0 unspecified atom stereocenters. The van der Waals surface area contributed by atoms with E-state index in [1.807, 2.05) is 0 Å². The largest absolute Gasteiger partial charge is 0.396 e. The van der Waals surface area contributed by atoms with Crippen LogP contribution in [0, 0.1) is 0 Å². The molecule has 0 spiro atoms. The van der Waals surface area contributed by atoms with Gasteiger partial charge < -0.3 is 5.11 Å². The van der Waals surface area contributed by atoms with Gasteiger partial charge >= 0.3 is 0 Å².